The van der Waals surface area contributed by atoms with Gasteiger partial charge in [-0.2, -0.15) is 0 Å². The fourth-order valence-electron chi connectivity index (χ4n) is 1.96. The van der Waals surface area contributed by atoms with Crippen LogP contribution in [0.15, 0.2) is 36.8 Å². The van der Waals surface area contributed by atoms with E-state index in [1.807, 2.05) is 24.7 Å². The van der Waals surface area contributed by atoms with Crippen LogP contribution >= 0.6 is 0 Å². The lowest BCUT2D eigenvalue weighted by atomic mass is 9.92. The molecule has 3 heteroatoms. The second-order valence-electron chi connectivity index (χ2n) is 5.23. The molecule has 0 radical (unpaired) electrons. The Bertz CT molecular complexity index is 506. The zero-order valence-electron chi connectivity index (χ0n) is 10.6. The van der Waals surface area contributed by atoms with Gasteiger partial charge in [-0.3, -0.25) is 0 Å². The minimum Gasteiger partial charge on any atom is -0.326 e. The first-order valence-electron chi connectivity index (χ1n) is 5.85. The Hall–Kier alpha value is -1.61. The molecule has 2 rings (SSSR count). The van der Waals surface area contributed by atoms with E-state index in [1.165, 1.54) is 5.69 Å². The van der Waals surface area contributed by atoms with Gasteiger partial charge in [-0.15, -0.1) is 0 Å². The number of aromatic nitrogens is 2. The molecule has 0 saturated carbocycles. The number of hydrogen-bond acceptors (Lipinski definition) is 2. The van der Waals surface area contributed by atoms with E-state index in [9.17, 15) is 0 Å². The normalized spacial score (nSPS) is 11.8. The van der Waals surface area contributed by atoms with Crippen molar-refractivity contribution < 1.29 is 0 Å². The molecular weight excluding hydrogens is 210 g/mol. The largest absolute Gasteiger partial charge is 0.326 e. The van der Waals surface area contributed by atoms with Crippen LogP contribution in [0.25, 0.3) is 5.69 Å². The first kappa shape index (κ1) is 11.9. The number of rotatable bonds is 2. The quantitative estimate of drug-likeness (QED) is 0.860. The first-order chi connectivity index (χ1) is 8.04. The number of nitrogens with two attached hydrogens (primary N) is 1. The highest BCUT2D eigenvalue weighted by Crippen LogP contribution is 2.25. The van der Waals surface area contributed by atoms with Gasteiger partial charge in [-0.25, -0.2) is 4.98 Å². The van der Waals surface area contributed by atoms with Crippen LogP contribution in [0.1, 0.15) is 32.0 Å². The number of para-hydroxylation sites is 1. The molecule has 3 nitrogen and oxygen atoms in total. The van der Waals surface area contributed by atoms with Gasteiger partial charge in [0.1, 0.15) is 0 Å². The number of nitrogens with zero attached hydrogens (tertiary/aromatic N) is 2. The number of hydrogen-bond donors (Lipinski definition) is 1. The van der Waals surface area contributed by atoms with E-state index in [1.54, 1.807) is 0 Å². The topological polar surface area (TPSA) is 43.8 Å². The SMILES string of the molecule is CC(C)(C)c1cncn1-c1ccccc1CN. The average Bonchev–Trinajstić information content (AvgIpc) is 2.77. The maximum atomic E-state index is 5.78. The van der Waals surface area contributed by atoms with Crippen molar-refractivity contribution in [1.29, 1.82) is 0 Å². The second kappa shape index (κ2) is 4.34. The molecule has 0 unspecified atom stereocenters. The summed E-state index contributed by atoms with van der Waals surface area (Å²) in [6.07, 6.45) is 3.78. The average molecular weight is 229 g/mol. The Kier molecular flexibility index (Phi) is 3.03. The first-order valence-corrected chi connectivity index (χ1v) is 5.85. The van der Waals surface area contributed by atoms with Crippen molar-refractivity contribution >= 4 is 0 Å². The summed E-state index contributed by atoms with van der Waals surface area (Å²) in [6.45, 7) is 7.10. The molecule has 17 heavy (non-hydrogen) atoms. The Balaban J connectivity index is 2.58. The van der Waals surface area contributed by atoms with Gasteiger partial charge in [-0.05, 0) is 11.6 Å². The summed E-state index contributed by atoms with van der Waals surface area (Å²) < 4.78 is 2.13. The van der Waals surface area contributed by atoms with Crippen LogP contribution in [0, 0.1) is 0 Å². The molecule has 0 aliphatic rings. The molecule has 1 aromatic carbocycles. The summed E-state index contributed by atoms with van der Waals surface area (Å²) in [5.74, 6) is 0. The third-order valence-electron chi connectivity index (χ3n) is 2.88. The lowest BCUT2D eigenvalue weighted by Crippen LogP contribution is -2.17. The highest BCUT2D eigenvalue weighted by atomic mass is 15.1. The predicted molar refractivity (Wildman–Crippen MR) is 70.2 cm³/mol. The van der Waals surface area contributed by atoms with E-state index >= 15 is 0 Å². The van der Waals surface area contributed by atoms with Gasteiger partial charge < -0.3 is 10.3 Å². The third kappa shape index (κ3) is 2.24. The highest BCUT2D eigenvalue weighted by molar-refractivity contribution is 5.43. The summed E-state index contributed by atoms with van der Waals surface area (Å²) in [5.41, 5.74) is 9.30. The van der Waals surface area contributed by atoms with Crippen molar-refractivity contribution in [2.24, 2.45) is 5.73 Å². The molecule has 0 spiro atoms. The Morgan fingerprint density at radius 3 is 2.59 bits per heavy atom. The van der Waals surface area contributed by atoms with E-state index in [4.69, 9.17) is 5.73 Å². The van der Waals surface area contributed by atoms with Gasteiger partial charge in [-0.1, -0.05) is 39.0 Å². The highest BCUT2D eigenvalue weighted by Gasteiger charge is 2.19. The number of benzene rings is 1. The maximum Gasteiger partial charge on any atom is 0.0994 e. The van der Waals surface area contributed by atoms with Crippen molar-refractivity contribution in [2.75, 3.05) is 0 Å². The van der Waals surface area contributed by atoms with Crippen LogP contribution < -0.4 is 5.73 Å². The molecule has 0 aliphatic carbocycles. The zero-order valence-corrected chi connectivity index (χ0v) is 10.6. The molecule has 0 bridgehead atoms. The van der Waals surface area contributed by atoms with Crippen LogP contribution in [0.2, 0.25) is 0 Å². The molecule has 0 atom stereocenters. The summed E-state index contributed by atoms with van der Waals surface area (Å²) in [4.78, 5) is 4.26. The predicted octanol–water partition coefficient (Wildman–Crippen LogP) is 2.63. The zero-order chi connectivity index (χ0) is 12.5. The Morgan fingerprint density at radius 1 is 1.24 bits per heavy atom. The van der Waals surface area contributed by atoms with Gasteiger partial charge in [0.05, 0.1) is 12.0 Å². The van der Waals surface area contributed by atoms with Gasteiger partial charge in [0.15, 0.2) is 0 Å². The smallest absolute Gasteiger partial charge is 0.0994 e. The standard InChI is InChI=1S/C14H19N3/c1-14(2,3)13-9-16-10-17(13)12-7-5-4-6-11(12)8-15/h4-7,9-10H,8,15H2,1-3H3. The van der Waals surface area contributed by atoms with Crippen LogP contribution in [0.3, 0.4) is 0 Å². The van der Waals surface area contributed by atoms with Crippen molar-refractivity contribution in [1.82, 2.24) is 9.55 Å². The van der Waals surface area contributed by atoms with Crippen molar-refractivity contribution in [2.45, 2.75) is 32.7 Å². The van der Waals surface area contributed by atoms with Crippen LogP contribution in [-0.4, -0.2) is 9.55 Å². The van der Waals surface area contributed by atoms with Gasteiger partial charge in [0.2, 0.25) is 0 Å². The van der Waals surface area contributed by atoms with Crippen LogP contribution in [0.4, 0.5) is 0 Å². The molecule has 0 amide bonds. The third-order valence-corrected chi connectivity index (χ3v) is 2.88. The van der Waals surface area contributed by atoms with E-state index in [0.29, 0.717) is 6.54 Å². The monoisotopic (exact) mass is 229 g/mol. The fraction of sp³-hybridized carbons (Fsp3) is 0.357. The van der Waals surface area contributed by atoms with Gasteiger partial charge >= 0.3 is 0 Å². The molecule has 0 aliphatic heterocycles. The Labute approximate surface area is 102 Å². The van der Waals surface area contributed by atoms with Gasteiger partial charge in [0.25, 0.3) is 0 Å². The summed E-state index contributed by atoms with van der Waals surface area (Å²) in [6, 6.07) is 8.18. The maximum absolute atomic E-state index is 5.78. The van der Waals surface area contributed by atoms with E-state index in [2.05, 4.69) is 42.5 Å². The van der Waals surface area contributed by atoms with Crippen LogP contribution in [0.5, 0.6) is 0 Å². The molecule has 0 fully saturated rings. The van der Waals surface area contributed by atoms with E-state index in [-0.39, 0.29) is 5.41 Å². The molecular formula is C14H19N3. The summed E-state index contributed by atoms with van der Waals surface area (Å²) in [7, 11) is 0. The molecule has 2 aromatic rings. The fourth-order valence-corrected chi connectivity index (χ4v) is 1.96. The lowest BCUT2D eigenvalue weighted by Gasteiger charge is -2.21. The molecule has 2 N–H and O–H groups in total. The molecule has 1 heterocycles. The summed E-state index contributed by atoms with van der Waals surface area (Å²) >= 11 is 0. The lowest BCUT2D eigenvalue weighted by molar-refractivity contribution is 0.556. The minimum absolute atomic E-state index is 0.0677. The summed E-state index contributed by atoms with van der Waals surface area (Å²) in [5, 5.41) is 0. The Morgan fingerprint density at radius 2 is 1.94 bits per heavy atom. The van der Waals surface area contributed by atoms with Gasteiger partial charge in [0, 0.05) is 23.9 Å². The molecule has 0 saturated heterocycles. The second-order valence-corrected chi connectivity index (χ2v) is 5.23. The van der Waals surface area contributed by atoms with E-state index < -0.39 is 0 Å². The van der Waals surface area contributed by atoms with Crippen molar-refractivity contribution in [3.63, 3.8) is 0 Å². The van der Waals surface area contributed by atoms with Crippen molar-refractivity contribution in [3.05, 3.63) is 48.0 Å². The van der Waals surface area contributed by atoms with Crippen molar-refractivity contribution in [3.8, 4) is 5.69 Å². The molecule has 90 valence electrons. The van der Waals surface area contributed by atoms with E-state index in [0.717, 1.165) is 11.3 Å². The number of imidazole rings is 1. The minimum atomic E-state index is 0.0677. The molecule has 1 aromatic heterocycles. The van der Waals surface area contributed by atoms with Crippen LogP contribution in [-0.2, 0) is 12.0 Å².